The molecule has 0 heterocycles. The molecule has 4 heteroatoms. The molecule has 0 spiro atoms. The molecule has 0 fully saturated rings. The average Bonchev–Trinajstić information content (AvgIpc) is 2.36. The van der Waals surface area contributed by atoms with Gasteiger partial charge in [-0.05, 0) is 38.5 Å². The van der Waals surface area contributed by atoms with Crippen LogP contribution in [0.4, 0.5) is 5.69 Å². The summed E-state index contributed by atoms with van der Waals surface area (Å²) in [4.78, 5) is 6.70. The lowest BCUT2D eigenvalue weighted by Crippen LogP contribution is -2.40. The number of benzene rings is 1. The molecule has 19 heavy (non-hydrogen) atoms. The SMILES string of the molecule is CCNC(=NCc1cccc(N(C)C)c1)NC(C)C. The molecule has 0 saturated heterocycles. The van der Waals surface area contributed by atoms with Gasteiger partial charge in [-0.1, -0.05) is 12.1 Å². The van der Waals surface area contributed by atoms with Crippen molar-refractivity contribution in [2.45, 2.75) is 33.4 Å². The van der Waals surface area contributed by atoms with Gasteiger partial charge in [-0.3, -0.25) is 0 Å². The van der Waals surface area contributed by atoms with E-state index in [1.54, 1.807) is 0 Å². The van der Waals surface area contributed by atoms with Crippen LogP contribution in [0.1, 0.15) is 26.3 Å². The third-order valence-electron chi connectivity index (χ3n) is 2.62. The Labute approximate surface area is 116 Å². The van der Waals surface area contributed by atoms with Crippen molar-refractivity contribution < 1.29 is 0 Å². The van der Waals surface area contributed by atoms with Crippen LogP contribution >= 0.6 is 0 Å². The molecule has 1 aromatic carbocycles. The lowest BCUT2D eigenvalue weighted by molar-refractivity contribution is 0.700. The van der Waals surface area contributed by atoms with Gasteiger partial charge in [-0.2, -0.15) is 0 Å². The summed E-state index contributed by atoms with van der Waals surface area (Å²) in [5, 5.41) is 6.57. The molecule has 0 unspecified atom stereocenters. The van der Waals surface area contributed by atoms with E-state index in [-0.39, 0.29) is 0 Å². The van der Waals surface area contributed by atoms with Gasteiger partial charge >= 0.3 is 0 Å². The second-order valence-corrected chi connectivity index (χ2v) is 5.06. The predicted octanol–water partition coefficient (Wildman–Crippen LogP) is 2.22. The van der Waals surface area contributed by atoms with Crippen LogP contribution in [-0.2, 0) is 6.54 Å². The van der Waals surface area contributed by atoms with Gasteiger partial charge in [0, 0.05) is 32.4 Å². The zero-order valence-corrected chi connectivity index (χ0v) is 12.7. The van der Waals surface area contributed by atoms with Gasteiger partial charge < -0.3 is 15.5 Å². The molecule has 0 aliphatic rings. The lowest BCUT2D eigenvalue weighted by Gasteiger charge is -2.15. The van der Waals surface area contributed by atoms with Crippen LogP contribution in [-0.4, -0.2) is 32.6 Å². The number of nitrogens with one attached hydrogen (secondary N) is 2. The Hall–Kier alpha value is -1.71. The van der Waals surface area contributed by atoms with Gasteiger partial charge in [0.1, 0.15) is 0 Å². The monoisotopic (exact) mass is 262 g/mol. The van der Waals surface area contributed by atoms with Crippen LogP contribution in [0, 0.1) is 0 Å². The molecule has 0 aliphatic carbocycles. The van der Waals surface area contributed by atoms with Crippen LogP contribution in [0.5, 0.6) is 0 Å². The first-order chi connectivity index (χ1) is 9.02. The highest BCUT2D eigenvalue weighted by molar-refractivity contribution is 5.80. The molecule has 0 saturated carbocycles. The first-order valence-electron chi connectivity index (χ1n) is 6.84. The minimum absolute atomic E-state index is 0.380. The maximum absolute atomic E-state index is 4.60. The van der Waals surface area contributed by atoms with Gasteiger partial charge in [-0.15, -0.1) is 0 Å². The third-order valence-corrected chi connectivity index (χ3v) is 2.62. The Morgan fingerprint density at radius 3 is 2.63 bits per heavy atom. The van der Waals surface area contributed by atoms with Crippen LogP contribution in [0.25, 0.3) is 0 Å². The molecule has 0 bridgehead atoms. The van der Waals surface area contributed by atoms with Crippen LogP contribution < -0.4 is 15.5 Å². The summed E-state index contributed by atoms with van der Waals surface area (Å²) < 4.78 is 0. The summed E-state index contributed by atoms with van der Waals surface area (Å²) in [6.45, 7) is 7.85. The lowest BCUT2D eigenvalue weighted by atomic mass is 10.2. The molecule has 0 radical (unpaired) electrons. The predicted molar refractivity (Wildman–Crippen MR) is 83.9 cm³/mol. The zero-order chi connectivity index (χ0) is 14.3. The van der Waals surface area contributed by atoms with E-state index in [9.17, 15) is 0 Å². The second kappa shape index (κ2) is 7.67. The van der Waals surface area contributed by atoms with Crippen molar-refractivity contribution in [3.8, 4) is 0 Å². The Morgan fingerprint density at radius 2 is 2.05 bits per heavy atom. The quantitative estimate of drug-likeness (QED) is 0.631. The topological polar surface area (TPSA) is 39.7 Å². The number of anilines is 1. The highest BCUT2D eigenvalue weighted by Gasteiger charge is 2.01. The van der Waals surface area contributed by atoms with Crippen molar-refractivity contribution >= 4 is 11.6 Å². The number of guanidine groups is 1. The number of nitrogens with zero attached hydrogens (tertiary/aromatic N) is 2. The molecule has 1 aromatic rings. The summed E-state index contributed by atoms with van der Waals surface area (Å²) in [6.07, 6.45) is 0. The normalized spacial score (nSPS) is 11.6. The summed E-state index contributed by atoms with van der Waals surface area (Å²) >= 11 is 0. The van der Waals surface area contributed by atoms with E-state index in [0.29, 0.717) is 12.6 Å². The zero-order valence-electron chi connectivity index (χ0n) is 12.7. The van der Waals surface area contributed by atoms with Crippen molar-refractivity contribution in [3.63, 3.8) is 0 Å². The Kier molecular flexibility index (Phi) is 6.19. The minimum Gasteiger partial charge on any atom is -0.378 e. The van der Waals surface area contributed by atoms with E-state index < -0.39 is 0 Å². The first kappa shape index (κ1) is 15.3. The van der Waals surface area contributed by atoms with Crippen molar-refractivity contribution in [1.82, 2.24) is 10.6 Å². The maximum atomic E-state index is 4.60. The Bertz CT molecular complexity index is 410. The minimum atomic E-state index is 0.380. The Morgan fingerprint density at radius 1 is 1.32 bits per heavy atom. The van der Waals surface area contributed by atoms with E-state index in [1.165, 1.54) is 11.3 Å². The number of rotatable bonds is 5. The van der Waals surface area contributed by atoms with E-state index in [2.05, 4.69) is 65.6 Å². The third kappa shape index (κ3) is 5.64. The molecular weight excluding hydrogens is 236 g/mol. The fourth-order valence-electron chi connectivity index (χ4n) is 1.70. The molecule has 0 aliphatic heterocycles. The molecule has 0 aromatic heterocycles. The maximum Gasteiger partial charge on any atom is 0.191 e. The molecule has 106 valence electrons. The van der Waals surface area contributed by atoms with E-state index in [0.717, 1.165) is 12.5 Å². The molecule has 1 rings (SSSR count). The highest BCUT2D eigenvalue weighted by Crippen LogP contribution is 2.13. The fraction of sp³-hybridized carbons (Fsp3) is 0.533. The van der Waals surface area contributed by atoms with Crippen LogP contribution in [0.3, 0.4) is 0 Å². The number of hydrogen-bond acceptors (Lipinski definition) is 2. The van der Waals surface area contributed by atoms with Crippen molar-refractivity contribution in [2.24, 2.45) is 4.99 Å². The standard InChI is InChI=1S/C15H26N4/c1-6-16-15(18-12(2)3)17-11-13-8-7-9-14(10-13)19(4)5/h7-10,12H,6,11H2,1-5H3,(H2,16,17,18). The van der Waals surface area contributed by atoms with E-state index >= 15 is 0 Å². The van der Waals surface area contributed by atoms with E-state index in [1.807, 2.05) is 14.1 Å². The first-order valence-corrected chi connectivity index (χ1v) is 6.84. The molecule has 0 amide bonds. The summed E-state index contributed by atoms with van der Waals surface area (Å²) in [6, 6.07) is 8.83. The summed E-state index contributed by atoms with van der Waals surface area (Å²) in [5.41, 5.74) is 2.42. The number of hydrogen-bond donors (Lipinski definition) is 2. The smallest absolute Gasteiger partial charge is 0.191 e. The van der Waals surface area contributed by atoms with Crippen molar-refractivity contribution in [2.75, 3.05) is 25.5 Å². The van der Waals surface area contributed by atoms with Crippen molar-refractivity contribution in [1.29, 1.82) is 0 Å². The van der Waals surface area contributed by atoms with Crippen molar-refractivity contribution in [3.05, 3.63) is 29.8 Å². The summed E-state index contributed by atoms with van der Waals surface area (Å²) in [5.74, 6) is 0.868. The molecule has 4 nitrogen and oxygen atoms in total. The Balaban J connectivity index is 2.73. The molecular formula is C15H26N4. The van der Waals surface area contributed by atoms with Gasteiger partial charge in [0.15, 0.2) is 5.96 Å². The highest BCUT2D eigenvalue weighted by atomic mass is 15.2. The van der Waals surface area contributed by atoms with E-state index in [4.69, 9.17) is 0 Å². The van der Waals surface area contributed by atoms with Crippen LogP contribution in [0.15, 0.2) is 29.3 Å². The average molecular weight is 262 g/mol. The molecule has 2 N–H and O–H groups in total. The van der Waals surface area contributed by atoms with Crippen LogP contribution in [0.2, 0.25) is 0 Å². The second-order valence-electron chi connectivity index (χ2n) is 5.06. The molecule has 0 atom stereocenters. The fourth-order valence-corrected chi connectivity index (χ4v) is 1.70. The summed E-state index contributed by atoms with van der Waals surface area (Å²) in [7, 11) is 4.10. The van der Waals surface area contributed by atoms with Gasteiger partial charge in [-0.25, -0.2) is 4.99 Å². The largest absolute Gasteiger partial charge is 0.378 e. The van der Waals surface area contributed by atoms with Gasteiger partial charge in [0.2, 0.25) is 0 Å². The van der Waals surface area contributed by atoms with Gasteiger partial charge in [0.05, 0.1) is 6.54 Å². The number of aliphatic imine (C=N–C) groups is 1. The van der Waals surface area contributed by atoms with Gasteiger partial charge in [0.25, 0.3) is 0 Å².